The maximum Gasteiger partial charge on any atom is 0.0637 e. The number of nitrogens with one attached hydrogen (secondary N) is 1. The fourth-order valence-electron chi connectivity index (χ4n) is 5.53. The lowest BCUT2D eigenvalue weighted by molar-refractivity contribution is 1.15. The van der Waals surface area contributed by atoms with Gasteiger partial charge in [-0.15, -0.1) is 0 Å². The summed E-state index contributed by atoms with van der Waals surface area (Å²) in [6.07, 6.45) is 8.32. The molecular weight excluding hydrogens is 464 g/mol. The highest BCUT2D eigenvalue weighted by Gasteiger charge is 2.17. The number of rotatable bonds is 6. The first kappa shape index (κ1) is 23.3. The number of hydrogen-bond acceptors (Lipinski definition) is 2. The number of para-hydroxylation sites is 2. The van der Waals surface area contributed by atoms with Crippen molar-refractivity contribution in [3.05, 3.63) is 127 Å². The van der Waals surface area contributed by atoms with Gasteiger partial charge < -0.3 is 20.3 Å². The number of benzene rings is 4. The number of hydrogen-bond donors (Lipinski definition) is 2. The van der Waals surface area contributed by atoms with E-state index in [4.69, 9.17) is 11.1 Å². The summed E-state index contributed by atoms with van der Waals surface area (Å²) in [5.74, 6) is 0. The quantitative estimate of drug-likeness (QED) is 0.178. The average molecular weight is 493 g/mol. The summed E-state index contributed by atoms with van der Waals surface area (Å²) < 4.78 is 4.39. The number of nitrogens with two attached hydrogens (primary N) is 1. The summed E-state index contributed by atoms with van der Waals surface area (Å²) in [6, 6.07) is 32.3. The Bertz CT molecular complexity index is 1910. The molecule has 0 bridgehead atoms. The van der Waals surface area contributed by atoms with E-state index >= 15 is 0 Å². The molecule has 0 spiro atoms. The molecule has 6 aromatic rings. The van der Waals surface area contributed by atoms with E-state index in [9.17, 15) is 0 Å². The maximum atomic E-state index is 7.98. The van der Waals surface area contributed by atoms with E-state index in [2.05, 4.69) is 108 Å². The average Bonchev–Trinajstić information content (AvgIpc) is 3.43. The van der Waals surface area contributed by atoms with Crippen LogP contribution < -0.4 is 5.73 Å². The minimum absolute atomic E-state index is 0.731. The number of fused-ring (bicyclic) bond motifs is 4. The molecule has 4 nitrogen and oxygen atoms in total. The van der Waals surface area contributed by atoms with Crippen molar-refractivity contribution in [2.45, 2.75) is 6.92 Å². The Kier molecular flexibility index (Phi) is 5.78. The Morgan fingerprint density at radius 1 is 0.789 bits per heavy atom. The van der Waals surface area contributed by atoms with Crippen LogP contribution in [-0.2, 0) is 0 Å². The lowest BCUT2D eigenvalue weighted by Gasteiger charge is -2.10. The normalized spacial score (nSPS) is 12.2. The topological polar surface area (TPSA) is 59.7 Å². The molecule has 2 heterocycles. The van der Waals surface area contributed by atoms with E-state index in [1.807, 2.05) is 18.2 Å². The maximum absolute atomic E-state index is 7.98. The van der Waals surface area contributed by atoms with Crippen LogP contribution in [0.5, 0.6) is 0 Å². The molecule has 0 amide bonds. The van der Waals surface area contributed by atoms with Crippen LogP contribution in [0.15, 0.2) is 116 Å². The first-order valence-electron chi connectivity index (χ1n) is 12.6. The third-order valence-electron chi connectivity index (χ3n) is 7.24. The molecule has 0 saturated carbocycles. The van der Waals surface area contributed by atoms with Crippen molar-refractivity contribution in [1.82, 2.24) is 9.13 Å². The zero-order valence-electron chi connectivity index (χ0n) is 21.2. The van der Waals surface area contributed by atoms with E-state index < -0.39 is 0 Å². The van der Waals surface area contributed by atoms with Crippen LogP contribution in [0.4, 0.5) is 0 Å². The molecule has 6 rings (SSSR count). The van der Waals surface area contributed by atoms with Gasteiger partial charge in [0.15, 0.2) is 0 Å². The molecule has 4 heteroatoms. The molecule has 3 N–H and O–H groups in total. The fraction of sp³-hybridized carbons (Fsp3) is 0.0294. The van der Waals surface area contributed by atoms with E-state index in [0.29, 0.717) is 0 Å². The van der Waals surface area contributed by atoms with Gasteiger partial charge >= 0.3 is 0 Å². The van der Waals surface area contributed by atoms with Crippen LogP contribution in [-0.4, -0.2) is 15.3 Å². The van der Waals surface area contributed by atoms with Gasteiger partial charge in [-0.3, -0.25) is 0 Å². The van der Waals surface area contributed by atoms with Gasteiger partial charge in [0.1, 0.15) is 0 Å². The first-order valence-corrected chi connectivity index (χ1v) is 12.6. The van der Waals surface area contributed by atoms with Crippen molar-refractivity contribution in [3.8, 4) is 16.8 Å². The van der Waals surface area contributed by atoms with Gasteiger partial charge in [-0.05, 0) is 84.4 Å². The summed E-state index contributed by atoms with van der Waals surface area (Å²) in [4.78, 5) is 0. The zero-order valence-corrected chi connectivity index (χ0v) is 21.2. The SMILES string of the molecule is C=C/C=C(\C=N)n1c(/C=C\N)c(C)c2cc(-c3ccc4c(c3)c3ccccc3n4-c3ccccc3)ccc21. The number of aryl methyl sites for hydroxylation is 1. The van der Waals surface area contributed by atoms with E-state index in [1.165, 1.54) is 28.0 Å². The van der Waals surface area contributed by atoms with Gasteiger partial charge in [0.25, 0.3) is 0 Å². The van der Waals surface area contributed by atoms with Gasteiger partial charge in [0.2, 0.25) is 0 Å². The minimum Gasteiger partial charge on any atom is -0.405 e. The summed E-state index contributed by atoms with van der Waals surface area (Å²) in [5.41, 5.74) is 15.5. The Balaban J connectivity index is 1.58. The Morgan fingerprint density at radius 3 is 2.16 bits per heavy atom. The highest BCUT2D eigenvalue weighted by atomic mass is 15.0. The van der Waals surface area contributed by atoms with Crippen LogP contribution in [0.2, 0.25) is 0 Å². The molecule has 0 radical (unpaired) electrons. The first-order chi connectivity index (χ1) is 18.7. The second-order valence-corrected chi connectivity index (χ2v) is 9.33. The van der Waals surface area contributed by atoms with E-state index in [1.54, 1.807) is 12.3 Å². The molecule has 0 aliphatic rings. The summed E-state index contributed by atoms with van der Waals surface area (Å²) >= 11 is 0. The van der Waals surface area contributed by atoms with Crippen LogP contribution in [0, 0.1) is 12.3 Å². The Hall–Kier alpha value is -5.09. The zero-order chi connectivity index (χ0) is 26.2. The third-order valence-corrected chi connectivity index (χ3v) is 7.24. The van der Waals surface area contributed by atoms with Crippen LogP contribution in [0.25, 0.3) is 61.3 Å². The minimum atomic E-state index is 0.731. The lowest BCUT2D eigenvalue weighted by atomic mass is 10.0. The number of allylic oxidation sites excluding steroid dienone is 3. The molecule has 0 saturated heterocycles. The van der Waals surface area contributed by atoms with Crippen molar-refractivity contribution >= 4 is 50.7 Å². The van der Waals surface area contributed by atoms with Crippen molar-refractivity contribution in [3.63, 3.8) is 0 Å². The molecule has 0 atom stereocenters. The van der Waals surface area contributed by atoms with E-state index in [-0.39, 0.29) is 0 Å². The van der Waals surface area contributed by atoms with Gasteiger partial charge in [-0.2, -0.15) is 0 Å². The highest BCUT2D eigenvalue weighted by molar-refractivity contribution is 6.11. The summed E-state index contributed by atoms with van der Waals surface area (Å²) in [6.45, 7) is 5.92. The Labute approximate surface area is 221 Å². The van der Waals surface area contributed by atoms with Gasteiger partial charge in [-0.1, -0.05) is 61.2 Å². The van der Waals surface area contributed by atoms with Gasteiger partial charge in [-0.25, -0.2) is 0 Å². The van der Waals surface area contributed by atoms with Crippen molar-refractivity contribution in [2.75, 3.05) is 0 Å². The smallest absolute Gasteiger partial charge is 0.0637 e. The molecular formula is C34H28N4. The van der Waals surface area contributed by atoms with Gasteiger partial charge in [0.05, 0.1) is 27.9 Å². The number of nitrogens with zero attached hydrogens (tertiary/aromatic N) is 2. The fourth-order valence-corrected chi connectivity index (χ4v) is 5.53. The number of aromatic nitrogens is 2. The molecule has 4 aromatic carbocycles. The molecule has 0 aliphatic heterocycles. The molecule has 0 aliphatic carbocycles. The summed E-state index contributed by atoms with van der Waals surface area (Å²) in [7, 11) is 0. The lowest BCUT2D eigenvalue weighted by Crippen LogP contribution is -2.01. The van der Waals surface area contributed by atoms with E-state index in [0.717, 1.165) is 44.7 Å². The molecule has 0 fully saturated rings. The predicted octanol–water partition coefficient (Wildman–Crippen LogP) is 8.32. The molecule has 184 valence electrons. The van der Waals surface area contributed by atoms with Crippen LogP contribution in [0.1, 0.15) is 11.3 Å². The third kappa shape index (κ3) is 3.58. The second-order valence-electron chi connectivity index (χ2n) is 9.33. The van der Waals surface area contributed by atoms with Crippen LogP contribution in [0.3, 0.4) is 0 Å². The molecule has 0 unspecified atom stereocenters. The summed E-state index contributed by atoms with van der Waals surface area (Å²) in [5, 5.41) is 11.6. The van der Waals surface area contributed by atoms with Crippen molar-refractivity contribution in [2.24, 2.45) is 5.73 Å². The Morgan fingerprint density at radius 2 is 1.45 bits per heavy atom. The van der Waals surface area contributed by atoms with Crippen LogP contribution >= 0.6 is 0 Å². The molecule has 38 heavy (non-hydrogen) atoms. The monoisotopic (exact) mass is 492 g/mol. The predicted molar refractivity (Wildman–Crippen MR) is 163 cm³/mol. The second kappa shape index (κ2) is 9.41. The highest BCUT2D eigenvalue weighted by Crippen LogP contribution is 2.37. The van der Waals surface area contributed by atoms with Crippen molar-refractivity contribution in [1.29, 1.82) is 5.41 Å². The largest absolute Gasteiger partial charge is 0.405 e. The van der Waals surface area contributed by atoms with Crippen molar-refractivity contribution < 1.29 is 0 Å². The standard InChI is InChI=1S/C34H28N4/c1-3-9-27(22-36)38-31(18-19-35)23(2)29-20-24(14-16-33(29)38)25-15-17-34-30(21-25)28-12-7-8-13-32(28)37(34)26-10-5-4-6-11-26/h3-22,36H,1,35H2,2H3/b19-18-,27-9+,36-22?. The van der Waals surface area contributed by atoms with Gasteiger partial charge in [0, 0.05) is 28.1 Å². The molecule has 2 aromatic heterocycles.